The number of thiazole rings is 1. The fourth-order valence-electron chi connectivity index (χ4n) is 7.55. The first-order valence-electron chi connectivity index (χ1n) is 17.8. The molecule has 2 aliphatic carbocycles. The minimum Gasteiger partial charge on any atom is -0.465 e. The van der Waals surface area contributed by atoms with E-state index in [-0.39, 0.29) is 42.9 Å². The third kappa shape index (κ3) is 7.44. The molecule has 7 rings (SSSR count). The number of halogens is 1. The van der Waals surface area contributed by atoms with Gasteiger partial charge in [-0.25, -0.2) is 13.4 Å². The summed E-state index contributed by atoms with van der Waals surface area (Å²) in [4.78, 5) is 49.2. The molecule has 0 radical (unpaired) electrons. The first-order chi connectivity index (χ1) is 24.0. The molecule has 9 nitrogen and oxygen atoms in total. The number of sulfonamides is 1. The molecule has 2 aromatic carbocycles. The van der Waals surface area contributed by atoms with Crippen LogP contribution >= 0.6 is 27.3 Å². The van der Waals surface area contributed by atoms with Crippen LogP contribution in [0.25, 0.3) is 10.2 Å². The molecular formula is C38H44BrN3O6S2. The Kier molecular flexibility index (Phi) is 9.99. The molecule has 1 aromatic heterocycles. The number of allylic oxidation sites excluding steroid dienone is 2. The molecule has 2 amide bonds. The highest BCUT2D eigenvalue weighted by molar-refractivity contribution is 9.10. The Morgan fingerprint density at radius 3 is 2.70 bits per heavy atom. The quantitative estimate of drug-likeness (QED) is 0.241. The van der Waals surface area contributed by atoms with Gasteiger partial charge in [0.2, 0.25) is 21.8 Å². The number of hydrogen-bond acceptors (Lipinski definition) is 8. The average Bonchev–Trinajstić information content (AvgIpc) is 3.90. The van der Waals surface area contributed by atoms with Crippen molar-refractivity contribution in [2.45, 2.75) is 101 Å². The predicted molar refractivity (Wildman–Crippen MR) is 197 cm³/mol. The van der Waals surface area contributed by atoms with Crippen LogP contribution in [-0.2, 0) is 30.8 Å². The minimum absolute atomic E-state index is 0.0540. The topological polar surface area (TPSA) is 123 Å². The number of benzene rings is 2. The summed E-state index contributed by atoms with van der Waals surface area (Å²) in [5.74, 6) is -1.39. The fourth-order valence-corrected chi connectivity index (χ4v) is 10.3. The van der Waals surface area contributed by atoms with Gasteiger partial charge in [0.05, 0.1) is 33.0 Å². The lowest BCUT2D eigenvalue weighted by atomic mass is 9.90. The lowest BCUT2D eigenvalue weighted by Crippen LogP contribution is -2.47. The third-order valence-electron chi connectivity index (χ3n) is 11.2. The van der Waals surface area contributed by atoms with Crippen LogP contribution in [0, 0.1) is 17.3 Å². The Hall–Kier alpha value is -3.09. The number of aryl methyl sites for hydroxylation is 1. The van der Waals surface area contributed by atoms with Crippen molar-refractivity contribution in [1.82, 2.24) is 14.6 Å². The highest BCUT2D eigenvalue weighted by Gasteiger charge is 2.62. The maximum atomic E-state index is 14.5. The summed E-state index contributed by atoms with van der Waals surface area (Å²) < 4.78 is 36.0. The lowest BCUT2D eigenvalue weighted by molar-refractivity contribution is -0.142. The summed E-state index contributed by atoms with van der Waals surface area (Å²) in [5.41, 5.74) is 0.819. The van der Waals surface area contributed by atoms with Crippen molar-refractivity contribution >= 4 is 65.1 Å². The molecule has 2 saturated carbocycles. The molecule has 50 heavy (non-hydrogen) atoms. The first kappa shape index (κ1) is 35.3. The van der Waals surface area contributed by atoms with Crippen molar-refractivity contribution in [2.24, 2.45) is 17.3 Å². The molecule has 5 atom stereocenters. The van der Waals surface area contributed by atoms with E-state index in [0.29, 0.717) is 30.9 Å². The number of carbonyl (C=O) groups excluding carboxylic acids is 3. The molecule has 2 aliphatic heterocycles. The van der Waals surface area contributed by atoms with Crippen LogP contribution in [0.15, 0.2) is 65.2 Å². The van der Waals surface area contributed by atoms with Crippen LogP contribution < -0.4 is 9.46 Å². The number of nitrogens with one attached hydrogen (secondary N) is 1. The summed E-state index contributed by atoms with van der Waals surface area (Å²) in [7, 11) is -3.88. The number of amides is 2. The lowest BCUT2D eigenvalue weighted by Gasteiger charge is -2.29. The fraction of sp³-hybridized carbons (Fsp3) is 0.526. The van der Waals surface area contributed by atoms with Gasteiger partial charge in [-0.2, -0.15) is 0 Å². The van der Waals surface area contributed by atoms with Crippen molar-refractivity contribution in [3.63, 3.8) is 0 Å². The summed E-state index contributed by atoms with van der Waals surface area (Å²) in [6, 6.07) is 15.2. The predicted octanol–water partition coefficient (Wildman–Crippen LogP) is 7.14. The Morgan fingerprint density at radius 1 is 1.12 bits per heavy atom. The standard InChI is InChI=1S/C38H44BrN3O6S2/c1-37(18-19-37)50(46,47)41-35(45)38-22-27(38)13-9-4-2-3-8-12-26(15-14-25-10-6-5-7-11-25)34(44)42-24-29(21-31(42)32(43)23-38)48-36-40-30-17-16-28(39)20-33(30)49-36/h5-7,9-11,13,16-17,20,26-27,29,31H,2-4,8,12,14-15,18-19,21-24H2,1H3,(H,41,45)/b13-9-/t26-,27+,29-,31+,38-/m1/s1. The van der Waals surface area contributed by atoms with Gasteiger partial charge in [0.15, 0.2) is 5.78 Å². The van der Waals surface area contributed by atoms with E-state index in [0.717, 1.165) is 53.2 Å². The second-order valence-electron chi connectivity index (χ2n) is 14.9. The molecule has 0 unspecified atom stereocenters. The number of fused-ring (bicyclic) bond motifs is 3. The van der Waals surface area contributed by atoms with Crippen molar-refractivity contribution in [1.29, 1.82) is 0 Å². The van der Waals surface area contributed by atoms with Crippen LogP contribution in [0.4, 0.5) is 0 Å². The first-order valence-corrected chi connectivity index (χ1v) is 20.9. The Balaban J connectivity index is 1.17. The van der Waals surface area contributed by atoms with Crippen LogP contribution in [-0.4, -0.2) is 59.3 Å². The highest BCUT2D eigenvalue weighted by atomic mass is 79.9. The van der Waals surface area contributed by atoms with Gasteiger partial charge >= 0.3 is 0 Å². The van der Waals surface area contributed by atoms with Crippen molar-refractivity contribution in [2.75, 3.05) is 6.54 Å². The number of aromatic nitrogens is 1. The van der Waals surface area contributed by atoms with E-state index < -0.39 is 38.2 Å². The van der Waals surface area contributed by atoms with E-state index >= 15 is 0 Å². The zero-order valence-corrected chi connectivity index (χ0v) is 31.5. The van der Waals surface area contributed by atoms with Gasteiger partial charge < -0.3 is 9.64 Å². The second-order valence-corrected chi connectivity index (χ2v) is 19.0. The zero-order chi connectivity index (χ0) is 35.1. The molecule has 3 heterocycles. The molecule has 1 N–H and O–H groups in total. The molecular weight excluding hydrogens is 738 g/mol. The maximum Gasteiger partial charge on any atom is 0.274 e. The van der Waals surface area contributed by atoms with Crippen LogP contribution in [0.1, 0.15) is 83.1 Å². The van der Waals surface area contributed by atoms with Gasteiger partial charge in [0.25, 0.3) is 5.19 Å². The largest absolute Gasteiger partial charge is 0.465 e. The molecule has 3 aromatic rings. The van der Waals surface area contributed by atoms with Crippen molar-refractivity contribution in [3.05, 3.63) is 70.7 Å². The Labute approximate surface area is 306 Å². The third-order valence-corrected chi connectivity index (χ3v) is 14.7. The molecule has 0 spiro atoms. The van der Waals surface area contributed by atoms with E-state index in [1.807, 2.05) is 42.5 Å². The van der Waals surface area contributed by atoms with Gasteiger partial charge in [-0.1, -0.05) is 82.6 Å². The number of ketones is 1. The number of Topliss-reactive ketones (excluding diaryl/α,β-unsaturated/α-hetero) is 1. The van der Waals surface area contributed by atoms with Crippen LogP contribution in [0.3, 0.4) is 0 Å². The minimum atomic E-state index is -3.88. The number of hydrogen-bond donors (Lipinski definition) is 1. The Morgan fingerprint density at radius 2 is 1.92 bits per heavy atom. The van der Waals surface area contributed by atoms with E-state index in [2.05, 4.69) is 43.8 Å². The van der Waals surface area contributed by atoms with Crippen LogP contribution in [0.2, 0.25) is 0 Å². The van der Waals surface area contributed by atoms with Gasteiger partial charge in [-0.05, 0) is 88.0 Å². The molecule has 0 bridgehead atoms. The van der Waals surface area contributed by atoms with Crippen LogP contribution in [0.5, 0.6) is 5.19 Å². The molecule has 12 heteroatoms. The zero-order valence-electron chi connectivity index (χ0n) is 28.3. The smallest absolute Gasteiger partial charge is 0.274 e. The van der Waals surface area contributed by atoms with Gasteiger partial charge in [0, 0.05) is 23.2 Å². The highest BCUT2D eigenvalue weighted by Crippen LogP contribution is 2.57. The van der Waals surface area contributed by atoms with Crippen molar-refractivity contribution < 1.29 is 27.5 Å². The summed E-state index contributed by atoms with van der Waals surface area (Å²) >= 11 is 4.93. The second kappa shape index (κ2) is 14.1. The van der Waals surface area contributed by atoms with Gasteiger partial charge in [0.1, 0.15) is 6.10 Å². The normalized spacial score (nSPS) is 29.0. The van der Waals surface area contributed by atoms with E-state index in [9.17, 15) is 22.8 Å². The summed E-state index contributed by atoms with van der Waals surface area (Å²) in [6.07, 6.45) is 11.0. The maximum absolute atomic E-state index is 14.5. The number of ether oxygens (including phenoxy) is 1. The summed E-state index contributed by atoms with van der Waals surface area (Å²) in [5, 5.41) is 0.480. The van der Waals surface area contributed by atoms with E-state index in [4.69, 9.17) is 4.74 Å². The molecule has 1 saturated heterocycles. The van der Waals surface area contributed by atoms with Gasteiger partial charge in [-0.3, -0.25) is 19.1 Å². The van der Waals surface area contributed by atoms with E-state index in [1.165, 1.54) is 16.9 Å². The van der Waals surface area contributed by atoms with E-state index in [1.54, 1.807) is 11.8 Å². The monoisotopic (exact) mass is 781 g/mol. The SMILES string of the molecule is CC1(S(=O)(=O)NC(=O)[C@]23CC(=O)[C@@H]4C[C@@H](Oc5nc6ccc(Br)cc6s5)CN4C(=O)[C@@H](CCc4ccccc4)CCCCC/C=C\[C@H]2C3)CC1. The van der Waals surface area contributed by atoms with Crippen molar-refractivity contribution in [3.8, 4) is 5.19 Å². The molecule has 3 fully saturated rings. The van der Waals surface area contributed by atoms with Gasteiger partial charge in [-0.15, -0.1) is 0 Å². The number of nitrogens with zero attached hydrogens (tertiary/aromatic N) is 2. The average molecular weight is 783 g/mol. The number of carbonyl (C=O) groups is 3. The number of rotatable bonds is 8. The molecule has 266 valence electrons. The molecule has 4 aliphatic rings. The Bertz CT molecular complexity index is 1910. The summed E-state index contributed by atoms with van der Waals surface area (Å²) in [6.45, 7) is 1.89.